The minimum Gasteiger partial charge on any atom is -0.347 e. The first-order chi connectivity index (χ1) is 9.63. The van der Waals surface area contributed by atoms with E-state index < -0.39 is 0 Å². The Morgan fingerprint density at radius 2 is 2.20 bits per heavy atom. The van der Waals surface area contributed by atoms with Gasteiger partial charge in [-0.15, -0.1) is 11.3 Å². The number of hydrogen-bond acceptors (Lipinski definition) is 4. The number of thiazole rings is 1. The van der Waals surface area contributed by atoms with Crippen LogP contribution < -0.4 is 10.2 Å². The molecule has 2 rings (SSSR count). The number of halogens is 1. The van der Waals surface area contributed by atoms with Crippen LogP contribution >= 0.6 is 11.3 Å². The van der Waals surface area contributed by atoms with Gasteiger partial charge >= 0.3 is 0 Å². The van der Waals surface area contributed by atoms with Crippen molar-refractivity contribution >= 4 is 16.5 Å². The number of nitrogens with one attached hydrogen (secondary N) is 1. The lowest BCUT2D eigenvalue weighted by Gasteiger charge is -2.15. The number of benzene rings is 1. The minimum absolute atomic E-state index is 0.194. The van der Waals surface area contributed by atoms with Crippen LogP contribution in [-0.4, -0.2) is 19.1 Å². The number of anilines is 1. The average Bonchev–Trinajstić information content (AvgIpc) is 2.82. The smallest absolute Gasteiger partial charge is 0.185 e. The predicted octanol–water partition coefficient (Wildman–Crippen LogP) is 3.20. The highest BCUT2D eigenvalue weighted by Gasteiger charge is 2.12. The average molecular weight is 293 g/mol. The van der Waals surface area contributed by atoms with E-state index in [0.717, 1.165) is 29.4 Å². The molecule has 1 N–H and O–H groups in total. The summed E-state index contributed by atoms with van der Waals surface area (Å²) in [6.07, 6.45) is 0.932. The Morgan fingerprint density at radius 1 is 1.40 bits per heavy atom. The fourth-order valence-corrected chi connectivity index (χ4v) is 3.21. The standard InChI is InChI=1S/C15H20FN3S/c1-4-13-14(9-17-2)20-15(18-13)19(3)10-11-6-5-7-12(16)8-11/h5-8,17H,4,9-10H2,1-3H3. The Balaban J connectivity index is 2.14. The van der Waals surface area contributed by atoms with E-state index in [1.165, 1.54) is 10.9 Å². The maximum absolute atomic E-state index is 13.2. The van der Waals surface area contributed by atoms with Crippen molar-refractivity contribution in [2.24, 2.45) is 0 Å². The van der Waals surface area contributed by atoms with E-state index in [0.29, 0.717) is 6.54 Å². The molecule has 0 amide bonds. The van der Waals surface area contributed by atoms with Crippen LogP contribution in [0, 0.1) is 5.82 Å². The summed E-state index contributed by atoms with van der Waals surface area (Å²) in [7, 11) is 3.93. The van der Waals surface area contributed by atoms with Gasteiger partial charge in [0.25, 0.3) is 0 Å². The van der Waals surface area contributed by atoms with Crippen LogP contribution in [0.25, 0.3) is 0 Å². The second-order valence-corrected chi connectivity index (χ2v) is 5.80. The molecule has 0 spiro atoms. The van der Waals surface area contributed by atoms with E-state index in [2.05, 4.69) is 22.1 Å². The van der Waals surface area contributed by atoms with E-state index in [1.54, 1.807) is 23.5 Å². The SMILES string of the molecule is CCc1nc(N(C)Cc2cccc(F)c2)sc1CNC. The third kappa shape index (κ3) is 3.55. The van der Waals surface area contributed by atoms with Crippen molar-refractivity contribution < 1.29 is 4.39 Å². The van der Waals surface area contributed by atoms with Gasteiger partial charge in [0, 0.05) is 25.0 Å². The van der Waals surface area contributed by atoms with Gasteiger partial charge in [-0.05, 0) is 31.2 Å². The summed E-state index contributed by atoms with van der Waals surface area (Å²) in [6, 6.07) is 6.71. The lowest BCUT2D eigenvalue weighted by Crippen LogP contribution is -2.16. The molecule has 0 aliphatic heterocycles. The third-order valence-corrected chi connectivity index (χ3v) is 4.29. The molecule has 0 radical (unpaired) electrons. The highest BCUT2D eigenvalue weighted by atomic mass is 32.1. The quantitative estimate of drug-likeness (QED) is 0.886. The second-order valence-electron chi connectivity index (χ2n) is 4.74. The Bertz CT molecular complexity index is 568. The molecule has 1 aromatic heterocycles. The van der Waals surface area contributed by atoms with Gasteiger partial charge in [-0.2, -0.15) is 0 Å². The fourth-order valence-electron chi connectivity index (χ4n) is 2.08. The normalized spacial score (nSPS) is 10.8. The number of aromatic nitrogens is 1. The van der Waals surface area contributed by atoms with E-state index in [4.69, 9.17) is 0 Å². The fraction of sp³-hybridized carbons (Fsp3) is 0.400. The molecule has 0 fully saturated rings. The van der Waals surface area contributed by atoms with Crippen molar-refractivity contribution in [3.8, 4) is 0 Å². The summed E-state index contributed by atoms with van der Waals surface area (Å²) in [4.78, 5) is 8.02. The van der Waals surface area contributed by atoms with Gasteiger partial charge in [0.05, 0.1) is 5.69 Å². The molecule has 0 atom stereocenters. The van der Waals surface area contributed by atoms with Crippen LogP contribution in [0.5, 0.6) is 0 Å². The zero-order valence-electron chi connectivity index (χ0n) is 12.1. The minimum atomic E-state index is -0.194. The van der Waals surface area contributed by atoms with Crippen molar-refractivity contribution in [1.29, 1.82) is 0 Å². The Labute approximate surface area is 123 Å². The van der Waals surface area contributed by atoms with Gasteiger partial charge in [-0.1, -0.05) is 19.1 Å². The highest BCUT2D eigenvalue weighted by molar-refractivity contribution is 7.15. The van der Waals surface area contributed by atoms with Gasteiger partial charge in [0.15, 0.2) is 5.13 Å². The van der Waals surface area contributed by atoms with Gasteiger partial charge in [0.2, 0.25) is 0 Å². The first kappa shape index (κ1) is 14.9. The molecule has 0 aliphatic carbocycles. The summed E-state index contributed by atoms with van der Waals surface area (Å²) in [5, 5.41) is 4.15. The first-order valence-corrected chi connectivity index (χ1v) is 7.54. The van der Waals surface area contributed by atoms with Crippen LogP contribution in [0.4, 0.5) is 9.52 Å². The van der Waals surface area contributed by atoms with Crippen LogP contribution in [-0.2, 0) is 19.5 Å². The molecule has 20 heavy (non-hydrogen) atoms. The van der Waals surface area contributed by atoms with Gasteiger partial charge in [-0.25, -0.2) is 9.37 Å². The summed E-state index contributed by atoms with van der Waals surface area (Å²) in [5.74, 6) is -0.194. The Kier molecular flexibility index (Phi) is 5.09. The lowest BCUT2D eigenvalue weighted by atomic mass is 10.2. The zero-order chi connectivity index (χ0) is 14.5. The molecule has 0 bridgehead atoms. The molecule has 2 aromatic rings. The highest BCUT2D eigenvalue weighted by Crippen LogP contribution is 2.27. The molecule has 0 saturated heterocycles. The third-order valence-electron chi connectivity index (χ3n) is 3.07. The van der Waals surface area contributed by atoms with Crippen molar-refractivity contribution in [3.05, 3.63) is 46.2 Å². The topological polar surface area (TPSA) is 28.2 Å². The summed E-state index contributed by atoms with van der Waals surface area (Å²) in [6.45, 7) is 3.62. The zero-order valence-corrected chi connectivity index (χ0v) is 12.9. The summed E-state index contributed by atoms with van der Waals surface area (Å²) < 4.78 is 13.2. The number of hydrogen-bond donors (Lipinski definition) is 1. The molecule has 1 heterocycles. The lowest BCUT2D eigenvalue weighted by molar-refractivity contribution is 0.625. The molecule has 0 saturated carbocycles. The van der Waals surface area contributed by atoms with Crippen LogP contribution in [0.1, 0.15) is 23.1 Å². The molecular weight excluding hydrogens is 273 g/mol. The van der Waals surface area contributed by atoms with Crippen molar-refractivity contribution in [3.63, 3.8) is 0 Å². The molecule has 1 aromatic carbocycles. The van der Waals surface area contributed by atoms with Crippen LogP contribution in [0.15, 0.2) is 24.3 Å². The summed E-state index contributed by atoms with van der Waals surface area (Å²) >= 11 is 1.70. The van der Waals surface area contributed by atoms with Crippen molar-refractivity contribution in [2.75, 3.05) is 19.0 Å². The van der Waals surface area contributed by atoms with Crippen molar-refractivity contribution in [1.82, 2.24) is 10.3 Å². The second kappa shape index (κ2) is 6.81. The summed E-state index contributed by atoms with van der Waals surface area (Å²) in [5.41, 5.74) is 2.10. The Morgan fingerprint density at radius 3 is 2.85 bits per heavy atom. The van der Waals surface area contributed by atoms with E-state index >= 15 is 0 Å². The maximum Gasteiger partial charge on any atom is 0.185 e. The maximum atomic E-state index is 13.2. The molecule has 108 valence electrons. The van der Waals surface area contributed by atoms with Crippen molar-refractivity contribution in [2.45, 2.75) is 26.4 Å². The molecular formula is C15H20FN3S. The van der Waals surface area contributed by atoms with Crippen LogP contribution in [0.3, 0.4) is 0 Å². The molecule has 0 unspecified atom stereocenters. The molecule has 0 aliphatic rings. The van der Waals surface area contributed by atoms with Crippen LogP contribution in [0.2, 0.25) is 0 Å². The molecule has 3 nitrogen and oxygen atoms in total. The number of aryl methyl sites for hydroxylation is 1. The predicted molar refractivity (Wildman–Crippen MR) is 82.8 cm³/mol. The molecule has 5 heteroatoms. The van der Waals surface area contributed by atoms with Gasteiger partial charge in [-0.3, -0.25) is 0 Å². The van der Waals surface area contributed by atoms with Gasteiger partial charge in [0.1, 0.15) is 5.82 Å². The Hall–Kier alpha value is -1.46. The van der Waals surface area contributed by atoms with E-state index in [9.17, 15) is 4.39 Å². The van der Waals surface area contributed by atoms with E-state index in [-0.39, 0.29) is 5.82 Å². The number of rotatable bonds is 6. The largest absolute Gasteiger partial charge is 0.347 e. The number of nitrogens with zero attached hydrogens (tertiary/aromatic N) is 2. The first-order valence-electron chi connectivity index (χ1n) is 6.72. The van der Waals surface area contributed by atoms with Gasteiger partial charge < -0.3 is 10.2 Å². The monoisotopic (exact) mass is 293 g/mol. The van der Waals surface area contributed by atoms with E-state index in [1.807, 2.05) is 20.2 Å².